The Bertz CT molecular complexity index is 924. The van der Waals surface area contributed by atoms with E-state index < -0.39 is 10.0 Å². The Balaban J connectivity index is 1.48. The summed E-state index contributed by atoms with van der Waals surface area (Å²) >= 11 is 0. The first-order valence-electron chi connectivity index (χ1n) is 16.0. The van der Waals surface area contributed by atoms with Crippen molar-refractivity contribution in [2.24, 2.45) is 10.8 Å². The molecule has 2 atom stereocenters. The average molecular weight is 596 g/mol. The third kappa shape index (κ3) is 12.6. The number of nitrogens with zero attached hydrogens (tertiary/aromatic N) is 1. The average Bonchev–Trinajstić information content (AvgIpc) is 2.95. The van der Waals surface area contributed by atoms with E-state index in [9.17, 15) is 8.42 Å². The molecule has 1 aromatic carbocycles. The van der Waals surface area contributed by atoms with E-state index in [1.165, 1.54) is 0 Å². The molecular weight excluding hydrogens is 538 g/mol. The second-order valence-corrected chi connectivity index (χ2v) is 15.6. The normalized spacial score (nSPS) is 20.9. The molecule has 41 heavy (non-hydrogen) atoms. The maximum absolute atomic E-state index is 13.6. The van der Waals surface area contributed by atoms with Gasteiger partial charge in [-0.2, -0.15) is 4.31 Å². The molecule has 0 radical (unpaired) electrons. The molecular formula is C33H57NO6S. The molecule has 2 unspecified atom stereocenters. The Morgan fingerprint density at radius 3 is 1.63 bits per heavy atom. The Kier molecular flexibility index (Phi) is 14.1. The van der Waals surface area contributed by atoms with Crippen molar-refractivity contribution in [3.8, 4) is 0 Å². The first kappa shape index (κ1) is 34.5. The number of ether oxygens (including phenoxy) is 4. The van der Waals surface area contributed by atoms with Crippen LogP contribution in [0.3, 0.4) is 0 Å². The minimum Gasteiger partial charge on any atom is -0.353 e. The lowest BCUT2D eigenvalue weighted by Crippen LogP contribution is -2.33. The molecule has 1 aromatic rings. The highest BCUT2D eigenvalue weighted by Gasteiger charge is 2.27. The van der Waals surface area contributed by atoms with Gasteiger partial charge < -0.3 is 18.9 Å². The topological polar surface area (TPSA) is 74.3 Å². The van der Waals surface area contributed by atoms with Gasteiger partial charge in [0.05, 0.1) is 18.1 Å². The van der Waals surface area contributed by atoms with Crippen molar-refractivity contribution in [3.05, 3.63) is 29.8 Å². The molecule has 2 aliphatic heterocycles. The molecule has 3 rings (SSSR count). The first-order valence-corrected chi connectivity index (χ1v) is 17.4. The van der Waals surface area contributed by atoms with Gasteiger partial charge in [-0.1, -0.05) is 58.2 Å². The lowest BCUT2D eigenvalue weighted by Gasteiger charge is -2.30. The molecule has 0 spiro atoms. The first-order chi connectivity index (χ1) is 19.5. The molecule has 2 aliphatic rings. The number of hydrogen-bond donors (Lipinski definition) is 0. The largest absolute Gasteiger partial charge is 0.353 e. The fourth-order valence-electron chi connectivity index (χ4n) is 5.46. The third-order valence-corrected chi connectivity index (χ3v) is 10.2. The Morgan fingerprint density at radius 1 is 0.756 bits per heavy atom. The summed E-state index contributed by atoms with van der Waals surface area (Å²) in [6.07, 6.45) is 11.9. The van der Waals surface area contributed by atoms with Crippen LogP contribution >= 0.6 is 0 Å². The van der Waals surface area contributed by atoms with E-state index in [1.807, 2.05) is 19.1 Å². The molecule has 0 aliphatic carbocycles. The zero-order valence-corrected chi connectivity index (χ0v) is 27.3. The van der Waals surface area contributed by atoms with Crippen LogP contribution < -0.4 is 0 Å². The molecule has 0 aromatic heterocycles. The van der Waals surface area contributed by atoms with Crippen molar-refractivity contribution in [2.45, 2.75) is 129 Å². The van der Waals surface area contributed by atoms with Crippen LogP contribution in [0.2, 0.25) is 0 Å². The summed E-state index contributed by atoms with van der Waals surface area (Å²) < 4.78 is 52.5. The number of sulfonamides is 1. The summed E-state index contributed by atoms with van der Waals surface area (Å²) in [5.41, 5.74) is 1.11. The van der Waals surface area contributed by atoms with Gasteiger partial charge >= 0.3 is 0 Å². The minimum atomic E-state index is -3.55. The van der Waals surface area contributed by atoms with Gasteiger partial charge in [-0.05, 0) is 94.1 Å². The van der Waals surface area contributed by atoms with Gasteiger partial charge in [0.15, 0.2) is 12.6 Å². The van der Waals surface area contributed by atoms with Crippen molar-refractivity contribution in [2.75, 3.05) is 39.5 Å². The lowest BCUT2D eigenvalue weighted by molar-refractivity contribution is -0.176. The predicted octanol–water partition coefficient (Wildman–Crippen LogP) is 7.47. The predicted molar refractivity (Wildman–Crippen MR) is 164 cm³/mol. The van der Waals surface area contributed by atoms with Crippen molar-refractivity contribution in [1.29, 1.82) is 0 Å². The summed E-state index contributed by atoms with van der Waals surface area (Å²) in [5, 5.41) is 0. The van der Waals surface area contributed by atoms with E-state index in [0.29, 0.717) is 31.2 Å². The highest BCUT2D eigenvalue weighted by Crippen LogP contribution is 2.28. The van der Waals surface area contributed by atoms with Crippen LogP contribution in [0.4, 0.5) is 0 Å². The van der Waals surface area contributed by atoms with Gasteiger partial charge in [-0.3, -0.25) is 0 Å². The van der Waals surface area contributed by atoms with Crippen LogP contribution in [0.5, 0.6) is 0 Å². The fraction of sp³-hybridized carbons (Fsp3) is 0.818. The van der Waals surface area contributed by atoms with Gasteiger partial charge in [-0.15, -0.1) is 0 Å². The molecule has 0 N–H and O–H groups in total. The van der Waals surface area contributed by atoms with Gasteiger partial charge in [0.1, 0.15) is 0 Å². The van der Waals surface area contributed by atoms with Crippen LogP contribution in [0.25, 0.3) is 0 Å². The van der Waals surface area contributed by atoms with Crippen molar-refractivity contribution >= 4 is 10.0 Å². The zero-order chi connectivity index (χ0) is 29.8. The van der Waals surface area contributed by atoms with Crippen molar-refractivity contribution in [1.82, 2.24) is 4.31 Å². The van der Waals surface area contributed by atoms with Crippen LogP contribution in [0, 0.1) is 17.8 Å². The molecule has 2 heterocycles. The summed E-state index contributed by atoms with van der Waals surface area (Å²) in [4.78, 5) is 0.380. The maximum Gasteiger partial charge on any atom is 0.243 e. The van der Waals surface area contributed by atoms with Crippen LogP contribution in [-0.2, 0) is 29.0 Å². The van der Waals surface area contributed by atoms with E-state index in [4.69, 9.17) is 18.9 Å². The number of benzene rings is 1. The number of hydrogen-bond acceptors (Lipinski definition) is 6. The second-order valence-electron chi connectivity index (χ2n) is 13.7. The second kappa shape index (κ2) is 16.7. The summed E-state index contributed by atoms with van der Waals surface area (Å²) in [6.45, 7) is 14.8. The van der Waals surface area contributed by atoms with E-state index in [2.05, 4.69) is 27.7 Å². The Hall–Kier alpha value is -1.03. The van der Waals surface area contributed by atoms with Crippen LogP contribution in [0.15, 0.2) is 29.2 Å². The lowest BCUT2D eigenvalue weighted by atomic mass is 9.88. The van der Waals surface area contributed by atoms with Crippen LogP contribution in [-0.4, -0.2) is 64.8 Å². The van der Waals surface area contributed by atoms with Crippen LogP contribution in [0.1, 0.15) is 110 Å². The Labute approximate surface area is 250 Å². The fourth-order valence-corrected chi connectivity index (χ4v) is 6.98. The standard InChI is InChI=1S/C33H57NO6S/c1-28-16-18-29(19-17-28)41(35,36)34(22-10-8-20-32(2,3)26-39-30-14-6-12-24-37-30)23-11-9-21-33(4,5)27-40-31-15-7-13-25-38-31/h16-19,30-31H,6-15,20-27H2,1-5H3. The van der Waals surface area contributed by atoms with E-state index in [1.54, 1.807) is 16.4 Å². The smallest absolute Gasteiger partial charge is 0.243 e. The van der Waals surface area contributed by atoms with E-state index in [0.717, 1.165) is 95.8 Å². The van der Waals surface area contributed by atoms with Crippen molar-refractivity contribution in [3.63, 3.8) is 0 Å². The van der Waals surface area contributed by atoms with E-state index >= 15 is 0 Å². The number of unbranched alkanes of at least 4 members (excludes halogenated alkanes) is 2. The molecule has 2 fully saturated rings. The molecule has 0 amide bonds. The summed E-state index contributed by atoms with van der Waals surface area (Å²) in [6, 6.07) is 7.22. The maximum atomic E-state index is 13.6. The number of rotatable bonds is 18. The highest BCUT2D eigenvalue weighted by atomic mass is 32.2. The summed E-state index contributed by atoms with van der Waals surface area (Å²) in [7, 11) is -3.55. The molecule has 8 heteroatoms. The monoisotopic (exact) mass is 595 g/mol. The van der Waals surface area contributed by atoms with Crippen molar-refractivity contribution < 1.29 is 27.4 Å². The Morgan fingerprint density at radius 2 is 1.22 bits per heavy atom. The van der Waals surface area contributed by atoms with Gasteiger partial charge in [0.25, 0.3) is 0 Å². The van der Waals surface area contributed by atoms with Gasteiger partial charge in [-0.25, -0.2) is 8.42 Å². The van der Waals surface area contributed by atoms with Gasteiger partial charge in [0.2, 0.25) is 10.0 Å². The molecule has 2 saturated heterocycles. The quantitative estimate of drug-likeness (QED) is 0.164. The molecule has 236 valence electrons. The summed E-state index contributed by atoms with van der Waals surface area (Å²) in [5.74, 6) is 0. The van der Waals surface area contributed by atoms with Gasteiger partial charge in [0, 0.05) is 26.3 Å². The minimum absolute atomic E-state index is 0.0256. The zero-order valence-electron chi connectivity index (χ0n) is 26.5. The highest BCUT2D eigenvalue weighted by molar-refractivity contribution is 7.89. The number of aryl methyl sites for hydroxylation is 1. The third-order valence-electron chi connectivity index (χ3n) is 8.28. The molecule has 0 saturated carbocycles. The van der Waals surface area contributed by atoms with E-state index in [-0.39, 0.29) is 23.4 Å². The molecule has 7 nitrogen and oxygen atoms in total. The SMILES string of the molecule is Cc1ccc(S(=O)(=O)N(CCCCC(C)(C)COC2CCCCO2)CCCCC(C)(C)COC2CCCCO2)cc1. The molecule has 0 bridgehead atoms.